The van der Waals surface area contributed by atoms with E-state index in [2.05, 4.69) is 5.32 Å². The van der Waals surface area contributed by atoms with Crippen molar-refractivity contribution < 1.29 is 23.9 Å². The number of esters is 1. The molecule has 0 rings (SSSR count). The third-order valence-corrected chi connectivity index (χ3v) is 2.44. The number of carbonyl (C=O) groups excluding carboxylic acids is 3. The van der Waals surface area contributed by atoms with Crippen LogP contribution >= 0.6 is 0 Å². The molecule has 0 saturated carbocycles. The number of nitrogens with zero attached hydrogens (tertiary/aromatic N) is 1. The number of hydrogen-bond acceptors (Lipinski definition) is 6. The highest BCUT2D eigenvalue weighted by molar-refractivity contribution is 5.87. The van der Waals surface area contributed by atoms with E-state index in [0.29, 0.717) is 19.4 Å². The van der Waals surface area contributed by atoms with E-state index in [1.165, 1.54) is 31.3 Å². The van der Waals surface area contributed by atoms with Crippen LogP contribution in [0.2, 0.25) is 0 Å². The van der Waals surface area contributed by atoms with Crippen LogP contribution < -0.4 is 11.1 Å². The summed E-state index contributed by atoms with van der Waals surface area (Å²) in [4.78, 5) is 34.0. The molecular formula is C12H21N3O5. The summed E-state index contributed by atoms with van der Waals surface area (Å²) in [5.74, 6) is -0.823. The third kappa shape index (κ3) is 8.22. The Bertz CT molecular complexity index is 346. The predicted octanol–water partition coefficient (Wildman–Crippen LogP) is -1.39. The van der Waals surface area contributed by atoms with Crippen LogP contribution in [0.15, 0.2) is 12.3 Å². The van der Waals surface area contributed by atoms with E-state index in [4.69, 9.17) is 15.2 Å². The fourth-order valence-electron chi connectivity index (χ4n) is 1.22. The lowest BCUT2D eigenvalue weighted by Gasteiger charge is -2.18. The largest absolute Gasteiger partial charge is 0.462 e. The van der Waals surface area contributed by atoms with Gasteiger partial charge in [0.2, 0.25) is 12.3 Å². The summed E-state index contributed by atoms with van der Waals surface area (Å²) < 4.78 is 9.97. The predicted molar refractivity (Wildman–Crippen MR) is 71.4 cm³/mol. The Morgan fingerprint density at radius 1 is 1.45 bits per heavy atom. The number of ether oxygens (including phenoxy) is 2. The molecule has 1 atom stereocenters. The van der Waals surface area contributed by atoms with Crippen LogP contribution in [0, 0.1) is 0 Å². The summed E-state index contributed by atoms with van der Waals surface area (Å²) in [7, 11) is 2.97. The van der Waals surface area contributed by atoms with Crippen molar-refractivity contribution in [2.45, 2.75) is 12.5 Å². The molecule has 2 amide bonds. The molecule has 0 aliphatic carbocycles. The van der Waals surface area contributed by atoms with Crippen molar-refractivity contribution in [1.29, 1.82) is 0 Å². The monoisotopic (exact) mass is 287 g/mol. The molecule has 0 fully saturated rings. The number of methoxy groups -OCH3 is 1. The van der Waals surface area contributed by atoms with E-state index >= 15 is 0 Å². The van der Waals surface area contributed by atoms with Crippen molar-refractivity contribution >= 4 is 18.3 Å². The fraction of sp³-hybridized carbons (Fsp3) is 0.583. The third-order valence-electron chi connectivity index (χ3n) is 2.44. The molecule has 20 heavy (non-hydrogen) atoms. The van der Waals surface area contributed by atoms with Crippen molar-refractivity contribution in [3.8, 4) is 0 Å². The molecule has 0 aromatic heterocycles. The molecule has 3 N–H and O–H groups in total. The molecule has 0 heterocycles. The summed E-state index contributed by atoms with van der Waals surface area (Å²) in [6.07, 6.45) is 3.31. The van der Waals surface area contributed by atoms with Crippen molar-refractivity contribution in [1.82, 2.24) is 10.2 Å². The number of hydrogen-bond donors (Lipinski definition) is 2. The SMILES string of the molecule is CNC(=O)/C=C\N(C=O)CCC(COC(=O)CN)OC. The molecule has 8 nitrogen and oxygen atoms in total. The van der Waals surface area contributed by atoms with Gasteiger partial charge in [-0.15, -0.1) is 0 Å². The van der Waals surface area contributed by atoms with Gasteiger partial charge in [-0.1, -0.05) is 0 Å². The van der Waals surface area contributed by atoms with Crippen LogP contribution in [0.5, 0.6) is 0 Å². The Hall–Kier alpha value is -1.93. The van der Waals surface area contributed by atoms with E-state index in [0.717, 1.165) is 0 Å². The van der Waals surface area contributed by atoms with Gasteiger partial charge in [0.25, 0.3) is 0 Å². The number of nitrogens with one attached hydrogen (secondary N) is 1. The highest BCUT2D eigenvalue weighted by Crippen LogP contribution is 2.01. The Labute approximate surface area is 117 Å². The summed E-state index contributed by atoms with van der Waals surface area (Å²) in [6.45, 7) is 0.208. The van der Waals surface area contributed by atoms with Crippen molar-refractivity contribution in [3.63, 3.8) is 0 Å². The van der Waals surface area contributed by atoms with E-state index in [1.54, 1.807) is 0 Å². The maximum Gasteiger partial charge on any atom is 0.319 e. The molecule has 0 radical (unpaired) electrons. The first-order valence-corrected chi connectivity index (χ1v) is 6.06. The van der Waals surface area contributed by atoms with Gasteiger partial charge in [0, 0.05) is 33.0 Å². The Kier molecular flexibility index (Phi) is 9.89. The number of likely N-dealkylation sites (N-methyl/N-ethyl adjacent to an activating group) is 1. The topological polar surface area (TPSA) is 111 Å². The Balaban J connectivity index is 4.17. The number of nitrogens with two attached hydrogens (primary N) is 1. The summed E-state index contributed by atoms with van der Waals surface area (Å²) >= 11 is 0. The van der Waals surface area contributed by atoms with Gasteiger partial charge in [-0.2, -0.15) is 0 Å². The van der Waals surface area contributed by atoms with Crippen LogP contribution in [-0.4, -0.2) is 63.1 Å². The van der Waals surface area contributed by atoms with Gasteiger partial charge in [-0.25, -0.2) is 0 Å². The highest BCUT2D eigenvalue weighted by atomic mass is 16.6. The molecule has 0 spiro atoms. The van der Waals surface area contributed by atoms with E-state index in [-0.39, 0.29) is 25.2 Å². The first kappa shape index (κ1) is 18.1. The molecule has 0 aliphatic rings. The number of carbonyl (C=O) groups is 3. The lowest BCUT2D eigenvalue weighted by molar-refractivity contribution is -0.145. The Morgan fingerprint density at radius 2 is 2.15 bits per heavy atom. The second-order valence-corrected chi connectivity index (χ2v) is 3.81. The second-order valence-electron chi connectivity index (χ2n) is 3.81. The zero-order chi connectivity index (χ0) is 15.4. The summed E-state index contributed by atoms with van der Waals surface area (Å²) in [5, 5.41) is 2.40. The molecule has 0 aromatic carbocycles. The van der Waals surface area contributed by atoms with E-state index in [1.807, 2.05) is 0 Å². The van der Waals surface area contributed by atoms with Gasteiger partial charge in [-0.3, -0.25) is 14.4 Å². The minimum atomic E-state index is -0.515. The number of rotatable bonds is 10. The maximum atomic E-state index is 11.0. The lowest BCUT2D eigenvalue weighted by Crippen LogP contribution is -2.28. The van der Waals surface area contributed by atoms with Crippen LogP contribution in [0.1, 0.15) is 6.42 Å². The minimum absolute atomic E-state index is 0.0678. The van der Waals surface area contributed by atoms with Crippen molar-refractivity contribution in [2.24, 2.45) is 5.73 Å². The zero-order valence-corrected chi connectivity index (χ0v) is 11.7. The van der Waals surface area contributed by atoms with Crippen LogP contribution in [0.4, 0.5) is 0 Å². The van der Waals surface area contributed by atoms with Crippen molar-refractivity contribution in [2.75, 3.05) is 33.9 Å². The number of amides is 2. The first-order chi connectivity index (χ1) is 9.57. The molecule has 1 unspecified atom stereocenters. The highest BCUT2D eigenvalue weighted by Gasteiger charge is 2.11. The maximum absolute atomic E-state index is 11.0. The minimum Gasteiger partial charge on any atom is -0.462 e. The van der Waals surface area contributed by atoms with Gasteiger partial charge in [-0.05, 0) is 6.42 Å². The molecule has 0 saturated heterocycles. The summed E-state index contributed by atoms with van der Waals surface area (Å²) in [5.41, 5.74) is 5.11. The summed E-state index contributed by atoms with van der Waals surface area (Å²) in [6, 6.07) is 0. The normalized spacial score (nSPS) is 11.9. The van der Waals surface area contributed by atoms with Gasteiger partial charge in [0.1, 0.15) is 6.61 Å². The molecule has 0 bridgehead atoms. The van der Waals surface area contributed by atoms with Gasteiger partial charge in [0.15, 0.2) is 0 Å². The van der Waals surface area contributed by atoms with Gasteiger partial charge < -0.3 is 25.4 Å². The quantitative estimate of drug-likeness (QED) is 0.291. The van der Waals surface area contributed by atoms with Crippen LogP contribution in [0.25, 0.3) is 0 Å². The van der Waals surface area contributed by atoms with Gasteiger partial charge in [0.05, 0.1) is 12.6 Å². The van der Waals surface area contributed by atoms with Crippen LogP contribution in [-0.2, 0) is 23.9 Å². The fourth-order valence-corrected chi connectivity index (χ4v) is 1.22. The van der Waals surface area contributed by atoms with Crippen molar-refractivity contribution in [3.05, 3.63) is 12.3 Å². The average Bonchev–Trinajstić information content (AvgIpc) is 2.49. The van der Waals surface area contributed by atoms with E-state index in [9.17, 15) is 14.4 Å². The molecule has 0 aliphatic heterocycles. The molecule has 114 valence electrons. The second kappa shape index (κ2) is 10.9. The first-order valence-electron chi connectivity index (χ1n) is 6.06. The average molecular weight is 287 g/mol. The van der Waals surface area contributed by atoms with Gasteiger partial charge >= 0.3 is 5.97 Å². The Morgan fingerprint density at radius 3 is 2.65 bits per heavy atom. The zero-order valence-electron chi connectivity index (χ0n) is 11.7. The molecule has 8 heteroatoms. The molecular weight excluding hydrogens is 266 g/mol. The smallest absolute Gasteiger partial charge is 0.319 e. The van der Waals surface area contributed by atoms with E-state index < -0.39 is 5.97 Å². The van der Waals surface area contributed by atoms with Crippen LogP contribution in [0.3, 0.4) is 0 Å². The molecule has 0 aromatic rings. The standard InChI is InChI=1S/C12H21N3O5/c1-14-11(17)4-6-15(9-16)5-3-10(19-2)8-20-12(18)7-13/h4,6,9-10H,3,5,7-8,13H2,1-2H3,(H,14,17)/b6-4-. The lowest BCUT2D eigenvalue weighted by atomic mass is 10.2.